The number of H-pyrrole nitrogens is 1. The Labute approximate surface area is 285 Å². The fraction of sp³-hybridized carbons (Fsp3) is 0.486. The quantitative estimate of drug-likeness (QED) is 0.220. The Balaban J connectivity index is 1.01. The van der Waals surface area contributed by atoms with Crippen molar-refractivity contribution in [1.82, 2.24) is 24.8 Å². The molecular formula is C35H43F2N9O2S. The molecule has 0 radical (unpaired) electrons. The van der Waals surface area contributed by atoms with Crippen LogP contribution in [-0.2, 0) is 15.4 Å². The molecule has 11 nitrogen and oxygen atoms in total. The Morgan fingerprint density at radius 3 is 2.41 bits per heavy atom. The van der Waals surface area contributed by atoms with E-state index in [0.717, 1.165) is 84.2 Å². The van der Waals surface area contributed by atoms with Crippen LogP contribution in [-0.4, -0.2) is 97.8 Å². The second-order valence-electron chi connectivity index (χ2n) is 14.0. The summed E-state index contributed by atoms with van der Waals surface area (Å²) in [5.41, 5.74) is 2.33. The van der Waals surface area contributed by atoms with Gasteiger partial charge >= 0.3 is 0 Å². The number of aromatic amines is 1. The largest absolute Gasteiger partial charge is 0.369 e. The van der Waals surface area contributed by atoms with E-state index < -0.39 is 21.3 Å². The second kappa shape index (κ2) is 12.4. The summed E-state index contributed by atoms with van der Waals surface area (Å²) < 4.78 is 58.1. The lowest BCUT2D eigenvalue weighted by molar-refractivity contribution is 0.0878. The minimum Gasteiger partial charge on any atom is -0.369 e. The molecule has 0 amide bonds. The zero-order valence-electron chi connectivity index (χ0n) is 28.0. The third-order valence-corrected chi connectivity index (χ3v) is 12.2. The van der Waals surface area contributed by atoms with E-state index in [-0.39, 0.29) is 18.3 Å². The summed E-state index contributed by atoms with van der Waals surface area (Å²) in [6, 6.07) is 10.4. The Kier molecular flexibility index (Phi) is 8.15. The first-order valence-corrected chi connectivity index (χ1v) is 19.2. The van der Waals surface area contributed by atoms with Crippen LogP contribution in [0.2, 0.25) is 0 Å². The number of fused-ring (bicyclic) bond motifs is 3. The highest BCUT2D eigenvalue weighted by Crippen LogP contribution is 2.56. The fourth-order valence-corrected chi connectivity index (χ4v) is 9.27. The number of halogens is 2. The molecule has 2 saturated heterocycles. The number of likely N-dealkylation sites (N-methyl/N-ethyl adjacent to an activating group) is 1. The average Bonchev–Trinajstić information content (AvgIpc) is 3.71. The van der Waals surface area contributed by atoms with E-state index in [9.17, 15) is 8.42 Å². The van der Waals surface area contributed by atoms with Crippen LogP contribution >= 0.6 is 0 Å². The molecule has 260 valence electrons. The lowest BCUT2D eigenvalue weighted by atomic mass is 9.65. The number of nitrogens with one attached hydrogen (secondary N) is 3. The minimum absolute atomic E-state index is 0.225. The van der Waals surface area contributed by atoms with Crippen molar-refractivity contribution >= 4 is 55.6 Å². The van der Waals surface area contributed by atoms with Crippen LogP contribution in [0.4, 0.5) is 43.3 Å². The molecule has 49 heavy (non-hydrogen) atoms. The van der Waals surface area contributed by atoms with E-state index in [2.05, 4.69) is 42.2 Å². The van der Waals surface area contributed by atoms with E-state index in [1.54, 1.807) is 12.3 Å². The number of rotatable bonds is 8. The Morgan fingerprint density at radius 1 is 0.959 bits per heavy atom. The fourth-order valence-electron chi connectivity index (χ4n) is 8.27. The van der Waals surface area contributed by atoms with Crippen molar-refractivity contribution in [2.24, 2.45) is 0 Å². The maximum absolute atomic E-state index is 15.6. The van der Waals surface area contributed by atoms with Crippen LogP contribution in [0, 0.1) is 11.6 Å². The third-order valence-electron chi connectivity index (χ3n) is 11.1. The standard InChI is InChI=1S/C35H43F2N9O2S/c1-3-43-17-19-44(20-18-43)24-10-15-45(16-11-24)29-8-5-23(21-27(29)37)39-34-41-32-25(9-14-38-32)33(42-34)40-28-7-6-26(36)30-31(28)46(49(2,47)48)22-35(30)12-4-13-35/h5-9,14,21,24H,3-4,10-13,15-20,22H2,1-2H3,(H3,38,39,40,41,42). The van der Waals surface area contributed by atoms with E-state index in [1.165, 1.54) is 16.4 Å². The highest BCUT2D eigenvalue weighted by Gasteiger charge is 2.52. The molecule has 3 fully saturated rings. The average molecular weight is 692 g/mol. The molecule has 1 spiro atoms. The predicted molar refractivity (Wildman–Crippen MR) is 190 cm³/mol. The van der Waals surface area contributed by atoms with Crippen LogP contribution in [0.25, 0.3) is 11.0 Å². The van der Waals surface area contributed by atoms with Gasteiger partial charge in [0.15, 0.2) is 0 Å². The number of anilines is 6. The topological polar surface area (TPSA) is 113 Å². The van der Waals surface area contributed by atoms with Gasteiger partial charge in [0.25, 0.3) is 0 Å². The van der Waals surface area contributed by atoms with E-state index in [1.807, 2.05) is 18.2 Å². The molecule has 4 aromatic rings. The summed E-state index contributed by atoms with van der Waals surface area (Å²) in [5, 5.41) is 7.12. The second-order valence-corrected chi connectivity index (χ2v) is 15.9. The van der Waals surface area contributed by atoms with Crippen LogP contribution in [0.5, 0.6) is 0 Å². The molecule has 8 rings (SSSR count). The number of piperidine rings is 1. The molecule has 4 aliphatic rings. The van der Waals surface area contributed by atoms with Crippen molar-refractivity contribution in [2.75, 3.05) is 78.5 Å². The summed E-state index contributed by atoms with van der Waals surface area (Å²) in [6.07, 6.45) is 7.33. The van der Waals surface area contributed by atoms with Crippen molar-refractivity contribution < 1.29 is 17.2 Å². The summed E-state index contributed by atoms with van der Waals surface area (Å²) in [4.78, 5) is 19.7. The summed E-state index contributed by atoms with van der Waals surface area (Å²) in [6.45, 7) is 9.62. The van der Waals surface area contributed by atoms with Gasteiger partial charge in [-0.25, -0.2) is 17.2 Å². The van der Waals surface area contributed by atoms with E-state index >= 15 is 8.78 Å². The van der Waals surface area contributed by atoms with Crippen molar-refractivity contribution in [3.63, 3.8) is 0 Å². The monoisotopic (exact) mass is 691 g/mol. The van der Waals surface area contributed by atoms with Gasteiger partial charge in [-0.3, -0.25) is 9.21 Å². The smallest absolute Gasteiger partial charge is 0.232 e. The highest BCUT2D eigenvalue weighted by atomic mass is 32.2. The van der Waals surface area contributed by atoms with Gasteiger partial charge in [0.05, 0.1) is 28.7 Å². The number of hydrogen-bond acceptors (Lipinski definition) is 9. The van der Waals surface area contributed by atoms with Gasteiger partial charge in [-0.15, -0.1) is 0 Å². The van der Waals surface area contributed by atoms with Crippen LogP contribution in [0.1, 0.15) is 44.6 Å². The van der Waals surface area contributed by atoms with Gasteiger partial charge in [-0.2, -0.15) is 9.97 Å². The minimum atomic E-state index is -3.67. The number of piperazine rings is 1. The van der Waals surface area contributed by atoms with Crippen molar-refractivity contribution in [2.45, 2.75) is 50.5 Å². The van der Waals surface area contributed by atoms with E-state index in [4.69, 9.17) is 4.98 Å². The van der Waals surface area contributed by atoms with Crippen molar-refractivity contribution in [3.8, 4) is 0 Å². The van der Waals surface area contributed by atoms with Crippen molar-refractivity contribution in [1.29, 1.82) is 0 Å². The Morgan fingerprint density at radius 2 is 1.73 bits per heavy atom. The molecule has 2 aromatic carbocycles. The molecule has 1 aliphatic carbocycles. The van der Waals surface area contributed by atoms with Gasteiger partial charge in [-0.05, 0) is 68.6 Å². The molecule has 1 saturated carbocycles. The van der Waals surface area contributed by atoms with Gasteiger partial charge < -0.3 is 25.4 Å². The molecule has 0 atom stereocenters. The molecule has 14 heteroatoms. The molecule has 5 heterocycles. The normalized spacial score (nSPS) is 20.2. The molecule has 2 aromatic heterocycles. The lowest BCUT2D eigenvalue weighted by Gasteiger charge is -2.43. The molecule has 0 bridgehead atoms. The van der Waals surface area contributed by atoms with Gasteiger partial charge in [0, 0.05) is 74.7 Å². The summed E-state index contributed by atoms with van der Waals surface area (Å²) in [7, 11) is -3.67. The zero-order valence-corrected chi connectivity index (χ0v) is 28.8. The number of nitrogens with zero attached hydrogens (tertiary/aromatic N) is 6. The first-order valence-electron chi connectivity index (χ1n) is 17.3. The molecule has 3 aliphatic heterocycles. The first-order chi connectivity index (χ1) is 23.6. The predicted octanol–water partition coefficient (Wildman–Crippen LogP) is 5.53. The maximum Gasteiger partial charge on any atom is 0.232 e. The van der Waals surface area contributed by atoms with Gasteiger partial charge in [-0.1, -0.05) is 13.3 Å². The number of aromatic nitrogens is 3. The lowest BCUT2D eigenvalue weighted by Crippen LogP contribution is -2.53. The summed E-state index contributed by atoms with van der Waals surface area (Å²) in [5.74, 6) is -0.0834. The SMILES string of the molecule is CCN1CCN(C2CCN(c3ccc(Nc4nc(Nc5ccc(F)c6c5N(S(C)(=O)=O)CC65CCC5)c5cc[nH]c5n4)cc3F)CC2)CC1. The van der Waals surface area contributed by atoms with E-state index in [0.29, 0.717) is 51.2 Å². The number of sulfonamides is 1. The third kappa shape index (κ3) is 5.87. The Hall–Kier alpha value is -4.01. The molecular weight excluding hydrogens is 649 g/mol. The Bertz CT molecular complexity index is 1980. The van der Waals surface area contributed by atoms with Crippen LogP contribution in [0.15, 0.2) is 42.6 Å². The first kappa shape index (κ1) is 32.2. The van der Waals surface area contributed by atoms with Gasteiger partial charge in [0.2, 0.25) is 16.0 Å². The van der Waals surface area contributed by atoms with Crippen LogP contribution < -0.4 is 19.8 Å². The number of hydrogen-bond donors (Lipinski definition) is 3. The zero-order chi connectivity index (χ0) is 33.9. The molecule has 3 N–H and O–H groups in total. The highest BCUT2D eigenvalue weighted by molar-refractivity contribution is 7.92. The van der Waals surface area contributed by atoms with Crippen molar-refractivity contribution in [3.05, 3.63) is 59.8 Å². The number of benzene rings is 2. The van der Waals surface area contributed by atoms with Gasteiger partial charge in [0.1, 0.15) is 23.1 Å². The maximum atomic E-state index is 15.6. The molecule has 0 unspecified atom stereocenters. The summed E-state index contributed by atoms with van der Waals surface area (Å²) >= 11 is 0. The van der Waals surface area contributed by atoms with Crippen LogP contribution in [0.3, 0.4) is 0 Å².